The van der Waals surface area contributed by atoms with Crippen LogP contribution in [0.4, 0.5) is 0 Å². The number of hydrogen-bond donors (Lipinski definition) is 1. The van der Waals surface area contributed by atoms with Crippen molar-refractivity contribution in [3.05, 3.63) is 52.4 Å². The Kier molecular flexibility index (Phi) is 4.19. The SMILES string of the molecule is CC(C)(C)C(NC(=O)c1cc(C2CC2)on1)c1cccc(Cl)c1. The number of nitrogens with one attached hydrogen (secondary N) is 1. The third-order valence-corrected chi connectivity index (χ3v) is 4.30. The summed E-state index contributed by atoms with van der Waals surface area (Å²) < 4.78 is 5.27. The van der Waals surface area contributed by atoms with Gasteiger partial charge in [0.15, 0.2) is 5.69 Å². The normalized spacial score (nSPS) is 16.2. The highest BCUT2D eigenvalue weighted by atomic mass is 35.5. The Morgan fingerprint density at radius 3 is 2.70 bits per heavy atom. The molecule has 1 aromatic heterocycles. The van der Waals surface area contributed by atoms with E-state index in [1.165, 1.54) is 0 Å². The van der Waals surface area contributed by atoms with E-state index in [4.69, 9.17) is 16.1 Å². The van der Waals surface area contributed by atoms with Crippen molar-refractivity contribution in [2.45, 2.75) is 45.6 Å². The molecule has 0 saturated heterocycles. The summed E-state index contributed by atoms with van der Waals surface area (Å²) >= 11 is 6.10. The molecule has 1 unspecified atom stereocenters. The van der Waals surface area contributed by atoms with Gasteiger partial charge in [-0.2, -0.15) is 0 Å². The van der Waals surface area contributed by atoms with Gasteiger partial charge in [0.1, 0.15) is 5.76 Å². The first kappa shape index (κ1) is 16.1. The molecule has 122 valence electrons. The summed E-state index contributed by atoms with van der Waals surface area (Å²) in [5.74, 6) is 1.03. The van der Waals surface area contributed by atoms with Crippen LogP contribution in [0.25, 0.3) is 0 Å². The van der Waals surface area contributed by atoms with Crippen LogP contribution >= 0.6 is 11.6 Å². The molecule has 1 aliphatic carbocycles. The zero-order chi connectivity index (χ0) is 16.6. The number of carbonyl (C=O) groups excluding carboxylic acids is 1. The molecule has 2 aromatic rings. The van der Waals surface area contributed by atoms with E-state index in [1.54, 1.807) is 6.07 Å². The van der Waals surface area contributed by atoms with Crippen LogP contribution < -0.4 is 5.32 Å². The number of amides is 1. The van der Waals surface area contributed by atoms with Crippen molar-refractivity contribution in [1.29, 1.82) is 0 Å². The monoisotopic (exact) mass is 332 g/mol. The molecule has 23 heavy (non-hydrogen) atoms. The molecule has 4 nitrogen and oxygen atoms in total. The molecule has 1 fully saturated rings. The number of carbonyl (C=O) groups is 1. The Labute approximate surface area is 141 Å². The highest BCUT2D eigenvalue weighted by molar-refractivity contribution is 6.30. The van der Waals surface area contributed by atoms with Crippen LogP contribution in [0.2, 0.25) is 5.02 Å². The van der Waals surface area contributed by atoms with Gasteiger partial charge in [0.05, 0.1) is 6.04 Å². The predicted molar refractivity (Wildman–Crippen MR) is 89.6 cm³/mol. The van der Waals surface area contributed by atoms with E-state index >= 15 is 0 Å². The number of nitrogens with zero attached hydrogens (tertiary/aromatic N) is 1. The molecule has 5 heteroatoms. The summed E-state index contributed by atoms with van der Waals surface area (Å²) in [7, 11) is 0. The van der Waals surface area contributed by atoms with Crippen molar-refractivity contribution in [1.82, 2.24) is 10.5 Å². The van der Waals surface area contributed by atoms with Crippen LogP contribution in [0.15, 0.2) is 34.9 Å². The van der Waals surface area contributed by atoms with Crippen molar-refractivity contribution in [2.75, 3.05) is 0 Å². The maximum absolute atomic E-state index is 12.5. The molecule has 1 atom stereocenters. The van der Waals surface area contributed by atoms with E-state index in [1.807, 2.05) is 24.3 Å². The van der Waals surface area contributed by atoms with E-state index < -0.39 is 0 Å². The van der Waals surface area contributed by atoms with Crippen molar-refractivity contribution < 1.29 is 9.32 Å². The van der Waals surface area contributed by atoms with Crippen LogP contribution in [0.5, 0.6) is 0 Å². The van der Waals surface area contributed by atoms with Gasteiger partial charge in [0, 0.05) is 17.0 Å². The predicted octanol–water partition coefficient (Wildman–Crippen LogP) is 4.72. The molecule has 0 bridgehead atoms. The molecule has 1 heterocycles. The average Bonchev–Trinajstić information content (AvgIpc) is 3.20. The quantitative estimate of drug-likeness (QED) is 0.881. The average molecular weight is 333 g/mol. The summed E-state index contributed by atoms with van der Waals surface area (Å²) in [5.41, 5.74) is 1.15. The zero-order valence-corrected chi connectivity index (χ0v) is 14.4. The van der Waals surface area contributed by atoms with Gasteiger partial charge in [0.2, 0.25) is 0 Å². The van der Waals surface area contributed by atoms with Crippen LogP contribution in [0, 0.1) is 5.41 Å². The maximum Gasteiger partial charge on any atom is 0.273 e. The lowest BCUT2D eigenvalue weighted by atomic mass is 9.82. The van der Waals surface area contributed by atoms with Crippen molar-refractivity contribution in [3.8, 4) is 0 Å². The van der Waals surface area contributed by atoms with Gasteiger partial charge in [-0.05, 0) is 36.0 Å². The molecule has 1 aliphatic rings. The van der Waals surface area contributed by atoms with E-state index in [0.717, 1.165) is 24.2 Å². The Hall–Kier alpha value is -1.81. The summed E-state index contributed by atoms with van der Waals surface area (Å²) in [6, 6.07) is 9.16. The van der Waals surface area contributed by atoms with E-state index in [2.05, 4.69) is 31.2 Å². The van der Waals surface area contributed by atoms with E-state index in [9.17, 15) is 4.79 Å². The smallest absolute Gasteiger partial charge is 0.273 e. The summed E-state index contributed by atoms with van der Waals surface area (Å²) in [6.45, 7) is 6.24. The fraction of sp³-hybridized carbons (Fsp3) is 0.444. The third kappa shape index (κ3) is 3.75. The number of halogens is 1. The Morgan fingerprint density at radius 2 is 2.09 bits per heavy atom. The van der Waals surface area contributed by atoms with Gasteiger partial charge in [-0.25, -0.2) is 0 Å². The first-order valence-corrected chi connectivity index (χ1v) is 8.25. The van der Waals surface area contributed by atoms with Crippen LogP contribution in [-0.2, 0) is 0 Å². The Balaban J connectivity index is 1.81. The van der Waals surface area contributed by atoms with Gasteiger partial charge in [-0.3, -0.25) is 4.79 Å². The molecule has 0 aliphatic heterocycles. The lowest BCUT2D eigenvalue weighted by molar-refractivity contribution is 0.0892. The summed E-state index contributed by atoms with van der Waals surface area (Å²) in [4.78, 5) is 12.5. The molecule has 0 radical (unpaired) electrons. The number of aromatic nitrogens is 1. The molecule has 1 N–H and O–H groups in total. The van der Waals surface area contributed by atoms with E-state index in [-0.39, 0.29) is 17.4 Å². The highest BCUT2D eigenvalue weighted by Crippen LogP contribution is 2.40. The zero-order valence-electron chi connectivity index (χ0n) is 13.6. The molecular formula is C18H21ClN2O2. The lowest BCUT2D eigenvalue weighted by Gasteiger charge is -2.31. The topological polar surface area (TPSA) is 55.1 Å². The molecule has 1 saturated carbocycles. The third-order valence-electron chi connectivity index (χ3n) is 4.06. The Morgan fingerprint density at radius 1 is 1.35 bits per heavy atom. The first-order valence-electron chi connectivity index (χ1n) is 7.87. The summed E-state index contributed by atoms with van der Waals surface area (Å²) in [5, 5.41) is 7.64. The van der Waals surface area contributed by atoms with Gasteiger partial charge >= 0.3 is 0 Å². The second-order valence-corrected chi connectivity index (χ2v) is 7.65. The number of hydrogen-bond acceptors (Lipinski definition) is 3. The summed E-state index contributed by atoms with van der Waals surface area (Å²) in [6.07, 6.45) is 2.23. The van der Waals surface area contributed by atoms with E-state index in [0.29, 0.717) is 16.6 Å². The minimum absolute atomic E-state index is 0.163. The van der Waals surface area contributed by atoms with Gasteiger partial charge in [-0.15, -0.1) is 0 Å². The molecular weight excluding hydrogens is 312 g/mol. The molecule has 3 rings (SSSR count). The molecule has 1 aromatic carbocycles. The van der Waals surface area contributed by atoms with Crippen molar-refractivity contribution >= 4 is 17.5 Å². The number of benzene rings is 1. The highest BCUT2D eigenvalue weighted by Gasteiger charge is 2.31. The van der Waals surface area contributed by atoms with Crippen LogP contribution in [0.3, 0.4) is 0 Å². The van der Waals surface area contributed by atoms with Crippen LogP contribution in [-0.4, -0.2) is 11.1 Å². The van der Waals surface area contributed by atoms with Gasteiger partial charge in [0.25, 0.3) is 5.91 Å². The maximum atomic E-state index is 12.5. The Bertz CT molecular complexity index is 714. The minimum Gasteiger partial charge on any atom is -0.360 e. The molecule has 0 spiro atoms. The lowest BCUT2D eigenvalue weighted by Crippen LogP contribution is -2.36. The van der Waals surface area contributed by atoms with Gasteiger partial charge < -0.3 is 9.84 Å². The van der Waals surface area contributed by atoms with Crippen molar-refractivity contribution in [2.24, 2.45) is 5.41 Å². The fourth-order valence-corrected chi connectivity index (χ4v) is 2.85. The minimum atomic E-state index is -0.222. The second kappa shape index (κ2) is 6.00. The second-order valence-electron chi connectivity index (χ2n) is 7.22. The largest absolute Gasteiger partial charge is 0.360 e. The first-order chi connectivity index (χ1) is 10.8. The fourth-order valence-electron chi connectivity index (χ4n) is 2.65. The van der Waals surface area contributed by atoms with Crippen molar-refractivity contribution in [3.63, 3.8) is 0 Å². The van der Waals surface area contributed by atoms with Gasteiger partial charge in [-0.1, -0.05) is 49.7 Å². The standard InChI is InChI=1S/C18H21ClN2O2/c1-18(2,3)16(12-5-4-6-13(19)9-12)20-17(22)14-10-15(23-21-14)11-7-8-11/h4-6,9-11,16H,7-8H2,1-3H3,(H,20,22). The number of rotatable bonds is 4. The molecule has 1 amide bonds. The van der Waals surface area contributed by atoms with Crippen LogP contribution in [0.1, 0.15) is 67.4 Å².